The zero-order chi connectivity index (χ0) is 24.2. The third-order valence-corrected chi connectivity index (χ3v) is 6.28. The van der Waals surface area contributed by atoms with Crippen molar-refractivity contribution in [1.29, 1.82) is 0 Å². The molecule has 184 valence electrons. The molecule has 0 aromatic heterocycles. The number of ether oxygens (including phenoxy) is 1. The topological polar surface area (TPSA) is 102 Å². The summed E-state index contributed by atoms with van der Waals surface area (Å²) in [5.41, 5.74) is 0. The molecule has 2 atom stereocenters. The number of aliphatic carboxylic acids is 1. The van der Waals surface area contributed by atoms with Crippen molar-refractivity contribution in [2.45, 2.75) is 51.0 Å². The Kier molecular flexibility index (Phi) is 13.1. The van der Waals surface area contributed by atoms with E-state index in [4.69, 9.17) is 42.1 Å². The number of phosphoric acid groups is 1. The Morgan fingerprint density at radius 3 is 2.25 bits per heavy atom. The van der Waals surface area contributed by atoms with Crippen LogP contribution < -0.4 is 4.74 Å². The van der Waals surface area contributed by atoms with Gasteiger partial charge in [-0.2, -0.15) is 0 Å². The van der Waals surface area contributed by atoms with Gasteiger partial charge in [-0.15, -0.1) is 0 Å². The fourth-order valence-corrected chi connectivity index (χ4v) is 4.31. The second-order valence-electron chi connectivity index (χ2n) is 8.62. The highest BCUT2D eigenvalue weighted by atomic mass is 35.5. The molecule has 0 aliphatic rings. The summed E-state index contributed by atoms with van der Waals surface area (Å²) in [5.74, 6) is -0.511. The largest absolute Gasteiger partial charge is 0.492 e. The lowest BCUT2D eigenvalue weighted by molar-refractivity contribution is -0.873. The number of rotatable bonds is 17. The quantitative estimate of drug-likeness (QED) is 0.163. The molecular formula is C21H35Cl2NO7P+. The van der Waals surface area contributed by atoms with E-state index in [9.17, 15) is 14.3 Å². The molecule has 0 amide bonds. The molecule has 0 saturated carbocycles. The number of likely N-dealkylation sites (N-methyl/N-ethyl adjacent to an activating group) is 1. The molecule has 1 unspecified atom stereocenters. The number of carboxylic acids is 1. The third kappa shape index (κ3) is 13.6. The van der Waals surface area contributed by atoms with Crippen LogP contribution in [0.2, 0.25) is 10.0 Å². The minimum atomic E-state index is -4.31. The van der Waals surface area contributed by atoms with Crippen molar-refractivity contribution in [1.82, 2.24) is 0 Å². The van der Waals surface area contributed by atoms with E-state index in [0.29, 0.717) is 33.3 Å². The average Bonchev–Trinajstić information content (AvgIpc) is 2.64. The highest BCUT2D eigenvalue weighted by Gasteiger charge is 2.31. The average molecular weight is 515 g/mol. The maximum Gasteiger partial charge on any atom is 0.472 e. The normalized spacial score (nSPS) is 14.7. The molecule has 0 saturated heterocycles. The SMILES string of the molecule is C[N+](C)(C)C[C@@H](CC(=O)O)OP(=O)(O)OCCCCCCCCOc1cccc(Cl)c1Cl. The number of nitrogens with zero attached hydrogens (tertiary/aromatic N) is 1. The van der Waals surface area contributed by atoms with Crippen LogP contribution in [0.15, 0.2) is 18.2 Å². The summed E-state index contributed by atoms with van der Waals surface area (Å²) >= 11 is 12.0. The van der Waals surface area contributed by atoms with Crippen molar-refractivity contribution in [3.63, 3.8) is 0 Å². The Hall–Kier alpha value is -0.860. The van der Waals surface area contributed by atoms with Gasteiger partial charge in [0.25, 0.3) is 0 Å². The number of carboxylic acid groups (broad SMARTS) is 1. The van der Waals surface area contributed by atoms with E-state index >= 15 is 0 Å². The first-order chi connectivity index (χ1) is 14.9. The fourth-order valence-electron chi connectivity index (χ4n) is 3.03. The molecule has 1 aromatic rings. The van der Waals surface area contributed by atoms with Gasteiger partial charge in [0.2, 0.25) is 0 Å². The molecular weight excluding hydrogens is 480 g/mol. The third-order valence-electron chi connectivity index (χ3n) is 4.40. The summed E-state index contributed by atoms with van der Waals surface area (Å²) in [5, 5.41) is 9.88. The van der Waals surface area contributed by atoms with Gasteiger partial charge in [-0.1, -0.05) is 55.0 Å². The van der Waals surface area contributed by atoms with Gasteiger partial charge >= 0.3 is 13.8 Å². The molecule has 1 aromatic carbocycles. The monoisotopic (exact) mass is 514 g/mol. The second kappa shape index (κ2) is 14.4. The number of hydrogen-bond donors (Lipinski definition) is 2. The summed E-state index contributed by atoms with van der Waals surface area (Å²) in [7, 11) is 1.23. The minimum Gasteiger partial charge on any atom is -0.492 e. The van der Waals surface area contributed by atoms with Crippen LogP contribution in [0.1, 0.15) is 44.9 Å². The van der Waals surface area contributed by atoms with Crippen LogP contribution in [-0.2, 0) is 18.4 Å². The number of unbranched alkanes of at least 4 members (excludes halogenated alkanes) is 5. The van der Waals surface area contributed by atoms with E-state index in [2.05, 4.69) is 0 Å². The lowest BCUT2D eigenvalue weighted by atomic mass is 10.1. The maximum atomic E-state index is 12.1. The van der Waals surface area contributed by atoms with Gasteiger partial charge in [-0.3, -0.25) is 13.8 Å². The molecule has 0 spiro atoms. The van der Waals surface area contributed by atoms with E-state index in [0.717, 1.165) is 32.1 Å². The highest BCUT2D eigenvalue weighted by molar-refractivity contribution is 7.47. The summed E-state index contributed by atoms with van der Waals surface area (Å²) in [6.07, 6.45) is 4.02. The smallest absolute Gasteiger partial charge is 0.472 e. The lowest BCUT2D eigenvalue weighted by Gasteiger charge is -2.29. The number of quaternary nitrogens is 1. The van der Waals surface area contributed by atoms with Crippen molar-refractivity contribution < 1.29 is 37.6 Å². The van der Waals surface area contributed by atoms with Gasteiger partial charge in [-0.05, 0) is 25.0 Å². The van der Waals surface area contributed by atoms with E-state index in [-0.39, 0.29) is 19.6 Å². The van der Waals surface area contributed by atoms with Gasteiger partial charge in [-0.25, -0.2) is 4.57 Å². The Bertz CT molecular complexity index is 758. The predicted molar refractivity (Wildman–Crippen MR) is 125 cm³/mol. The van der Waals surface area contributed by atoms with Crippen LogP contribution in [0.3, 0.4) is 0 Å². The molecule has 0 aliphatic carbocycles. The summed E-state index contributed by atoms with van der Waals surface area (Å²) < 4.78 is 28.3. The molecule has 0 radical (unpaired) electrons. The minimum absolute atomic E-state index is 0.0777. The first-order valence-corrected chi connectivity index (χ1v) is 12.9. The zero-order valence-corrected chi connectivity index (χ0v) is 21.4. The van der Waals surface area contributed by atoms with E-state index in [1.807, 2.05) is 21.1 Å². The Labute approximate surface area is 200 Å². The molecule has 0 fully saturated rings. The van der Waals surface area contributed by atoms with Gasteiger partial charge in [0.15, 0.2) is 0 Å². The molecule has 2 N–H and O–H groups in total. The van der Waals surface area contributed by atoms with E-state index < -0.39 is 19.9 Å². The summed E-state index contributed by atoms with van der Waals surface area (Å²) in [4.78, 5) is 20.9. The van der Waals surface area contributed by atoms with Crippen LogP contribution >= 0.6 is 31.0 Å². The Morgan fingerprint density at radius 2 is 1.66 bits per heavy atom. The number of phosphoric ester groups is 1. The summed E-state index contributed by atoms with van der Waals surface area (Å²) in [6.45, 7) is 0.904. The van der Waals surface area contributed by atoms with Crippen LogP contribution in [0.4, 0.5) is 0 Å². The molecule has 0 aliphatic heterocycles. The molecule has 0 bridgehead atoms. The van der Waals surface area contributed by atoms with Gasteiger partial charge in [0.1, 0.15) is 23.4 Å². The second-order valence-corrected chi connectivity index (χ2v) is 10.8. The number of hydrogen-bond acceptors (Lipinski definition) is 5. The first-order valence-electron chi connectivity index (χ1n) is 10.6. The van der Waals surface area contributed by atoms with Gasteiger partial charge in [0.05, 0.1) is 45.8 Å². The van der Waals surface area contributed by atoms with Gasteiger partial charge in [0, 0.05) is 0 Å². The molecule has 8 nitrogen and oxygen atoms in total. The molecule has 32 heavy (non-hydrogen) atoms. The van der Waals surface area contributed by atoms with Crippen molar-refractivity contribution in [3.8, 4) is 5.75 Å². The first kappa shape index (κ1) is 29.2. The Morgan fingerprint density at radius 1 is 1.06 bits per heavy atom. The van der Waals surface area contributed by atoms with Crippen LogP contribution in [-0.4, -0.2) is 67.5 Å². The molecule has 1 rings (SSSR count). The van der Waals surface area contributed by atoms with Crippen LogP contribution in [0.25, 0.3) is 0 Å². The fraction of sp³-hybridized carbons (Fsp3) is 0.667. The highest BCUT2D eigenvalue weighted by Crippen LogP contribution is 2.45. The maximum absolute atomic E-state index is 12.1. The van der Waals surface area contributed by atoms with Crippen molar-refractivity contribution in [3.05, 3.63) is 28.2 Å². The number of halogens is 2. The van der Waals surface area contributed by atoms with Crippen LogP contribution in [0, 0.1) is 0 Å². The van der Waals surface area contributed by atoms with E-state index in [1.165, 1.54) is 0 Å². The molecule has 11 heteroatoms. The molecule has 0 heterocycles. The zero-order valence-electron chi connectivity index (χ0n) is 19.0. The van der Waals surface area contributed by atoms with Crippen molar-refractivity contribution in [2.75, 3.05) is 40.9 Å². The summed E-state index contributed by atoms with van der Waals surface area (Å²) in [6, 6.07) is 5.28. The van der Waals surface area contributed by atoms with E-state index in [1.54, 1.807) is 18.2 Å². The van der Waals surface area contributed by atoms with Crippen molar-refractivity contribution in [2.24, 2.45) is 0 Å². The standard InChI is InChI=1S/C21H34Cl2NO7P/c1-24(2,3)16-17(15-20(25)26)31-32(27,28)30-14-9-7-5-4-6-8-13-29-19-12-10-11-18(22)21(19)23/h10-12,17H,4-9,13-16H2,1-3H3,(H-,25,26,27,28)/p+1/t17-/m1/s1. The van der Waals surface area contributed by atoms with Crippen molar-refractivity contribution >= 4 is 37.0 Å². The number of carbonyl (C=O) groups is 1. The lowest BCUT2D eigenvalue weighted by Crippen LogP contribution is -2.42. The predicted octanol–water partition coefficient (Wildman–Crippen LogP) is 5.40. The number of benzene rings is 1. The Balaban J connectivity index is 2.16. The van der Waals surface area contributed by atoms with Gasteiger partial charge < -0.3 is 19.2 Å². The van der Waals surface area contributed by atoms with Crippen LogP contribution in [0.5, 0.6) is 5.75 Å².